The highest BCUT2D eigenvalue weighted by atomic mass is 16.5. The van der Waals surface area contributed by atoms with Crippen LogP contribution in [-0.4, -0.2) is 19.6 Å². The van der Waals surface area contributed by atoms with Gasteiger partial charge in [0.2, 0.25) is 0 Å². The molecule has 21 heavy (non-hydrogen) atoms. The molecule has 0 unspecified atom stereocenters. The summed E-state index contributed by atoms with van der Waals surface area (Å²) >= 11 is 0. The zero-order chi connectivity index (χ0) is 15.1. The summed E-state index contributed by atoms with van der Waals surface area (Å²) in [7, 11) is 1.88. The Labute approximate surface area is 124 Å². The number of carbonyl (C=O) groups excluding carboxylic acids is 1. The van der Waals surface area contributed by atoms with Crippen molar-refractivity contribution in [1.82, 2.24) is 5.32 Å². The normalized spacial score (nSPS) is 11.3. The van der Waals surface area contributed by atoms with Gasteiger partial charge in [0.05, 0.1) is 0 Å². The SMILES string of the molecule is CN/C=C/c1ccc(/C=C/COC(C)=O)c2ccccc12. The Hall–Kier alpha value is -2.55. The number of nitrogens with one attached hydrogen (secondary N) is 1. The summed E-state index contributed by atoms with van der Waals surface area (Å²) in [5, 5.41) is 5.37. The summed E-state index contributed by atoms with van der Waals surface area (Å²) < 4.78 is 4.91. The van der Waals surface area contributed by atoms with Gasteiger partial charge in [-0.25, -0.2) is 0 Å². The highest BCUT2D eigenvalue weighted by Gasteiger charge is 2.01. The summed E-state index contributed by atoms with van der Waals surface area (Å²) in [6, 6.07) is 12.4. The fraction of sp³-hybridized carbons (Fsp3) is 0.167. The third-order valence-corrected chi connectivity index (χ3v) is 3.10. The van der Waals surface area contributed by atoms with Gasteiger partial charge in [-0.3, -0.25) is 4.79 Å². The molecule has 3 nitrogen and oxygen atoms in total. The molecule has 0 aliphatic heterocycles. The summed E-state index contributed by atoms with van der Waals surface area (Å²) in [5.41, 5.74) is 2.27. The number of hydrogen-bond donors (Lipinski definition) is 1. The summed E-state index contributed by atoms with van der Waals surface area (Å²) in [6.07, 6.45) is 7.80. The maximum Gasteiger partial charge on any atom is 0.302 e. The van der Waals surface area contributed by atoms with Crippen molar-refractivity contribution in [3.63, 3.8) is 0 Å². The molecule has 0 heterocycles. The van der Waals surface area contributed by atoms with Crippen molar-refractivity contribution in [3.05, 3.63) is 59.8 Å². The van der Waals surface area contributed by atoms with Crippen molar-refractivity contribution in [1.29, 1.82) is 0 Å². The quantitative estimate of drug-likeness (QED) is 0.851. The van der Waals surface area contributed by atoms with Crippen molar-refractivity contribution in [2.24, 2.45) is 0 Å². The number of fused-ring (bicyclic) bond motifs is 1. The van der Waals surface area contributed by atoms with E-state index in [-0.39, 0.29) is 5.97 Å². The maximum absolute atomic E-state index is 10.7. The zero-order valence-corrected chi connectivity index (χ0v) is 12.3. The van der Waals surface area contributed by atoms with Gasteiger partial charge in [-0.2, -0.15) is 0 Å². The third kappa shape index (κ3) is 3.96. The van der Waals surface area contributed by atoms with Crippen LogP contribution < -0.4 is 5.32 Å². The van der Waals surface area contributed by atoms with Gasteiger partial charge in [-0.1, -0.05) is 42.5 Å². The van der Waals surface area contributed by atoms with Crippen LogP contribution in [0.25, 0.3) is 22.9 Å². The fourth-order valence-corrected chi connectivity index (χ4v) is 2.15. The van der Waals surface area contributed by atoms with Crippen molar-refractivity contribution >= 4 is 28.9 Å². The number of rotatable bonds is 5. The van der Waals surface area contributed by atoms with Gasteiger partial charge in [0.25, 0.3) is 0 Å². The van der Waals surface area contributed by atoms with Crippen LogP contribution in [0.2, 0.25) is 0 Å². The van der Waals surface area contributed by atoms with E-state index < -0.39 is 0 Å². The average molecular weight is 281 g/mol. The van der Waals surface area contributed by atoms with E-state index in [0.29, 0.717) is 6.61 Å². The first-order valence-corrected chi connectivity index (χ1v) is 6.88. The molecule has 2 aromatic carbocycles. The van der Waals surface area contributed by atoms with Crippen LogP contribution in [0.5, 0.6) is 0 Å². The zero-order valence-electron chi connectivity index (χ0n) is 12.3. The molecule has 0 fully saturated rings. The molecule has 3 heteroatoms. The van der Waals surface area contributed by atoms with Gasteiger partial charge in [0.15, 0.2) is 0 Å². The van der Waals surface area contributed by atoms with E-state index in [4.69, 9.17) is 4.74 Å². The van der Waals surface area contributed by atoms with Crippen LogP contribution in [0, 0.1) is 0 Å². The molecule has 108 valence electrons. The van der Waals surface area contributed by atoms with E-state index in [1.54, 1.807) is 0 Å². The first-order chi connectivity index (χ1) is 10.2. The third-order valence-electron chi connectivity index (χ3n) is 3.10. The Morgan fingerprint density at radius 1 is 1.10 bits per heavy atom. The van der Waals surface area contributed by atoms with Crippen molar-refractivity contribution < 1.29 is 9.53 Å². The molecule has 0 atom stereocenters. The lowest BCUT2D eigenvalue weighted by Gasteiger charge is -2.06. The predicted octanol–water partition coefficient (Wildman–Crippen LogP) is 3.61. The number of esters is 1. The molecule has 0 spiro atoms. The summed E-state index contributed by atoms with van der Waals surface area (Å²) in [4.78, 5) is 10.7. The first-order valence-electron chi connectivity index (χ1n) is 6.88. The average Bonchev–Trinajstić information content (AvgIpc) is 2.50. The Balaban J connectivity index is 2.33. The van der Waals surface area contributed by atoms with Gasteiger partial charge < -0.3 is 10.1 Å². The van der Waals surface area contributed by atoms with Crippen molar-refractivity contribution in [2.45, 2.75) is 6.92 Å². The second-order valence-corrected chi connectivity index (χ2v) is 4.62. The fourth-order valence-electron chi connectivity index (χ4n) is 2.15. The Morgan fingerprint density at radius 3 is 2.29 bits per heavy atom. The molecule has 2 rings (SSSR count). The van der Waals surface area contributed by atoms with Crippen LogP contribution in [0.1, 0.15) is 18.1 Å². The molecular formula is C18H19NO2. The molecule has 1 N–H and O–H groups in total. The van der Waals surface area contributed by atoms with Crippen LogP contribution in [0.3, 0.4) is 0 Å². The second kappa shape index (κ2) is 7.29. The summed E-state index contributed by atoms with van der Waals surface area (Å²) in [6.45, 7) is 1.71. The molecule has 0 aliphatic rings. The molecule has 0 saturated carbocycles. The van der Waals surface area contributed by atoms with E-state index in [1.165, 1.54) is 17.7 Å². The maximum atomic E-state index is 10.7. The lowest BCUT2D eigenvalue weighted by atomic mass is 9.99. The minimum atomic E-state index is -0.267. The highest BCUT2D eigenvalue weighted by molar-refractivity contribution is 5.96. The van der Waals surface area contributed by atoms with Crippen molar-refractivity contribution in [2.75, 3.05) is 13.7 Å². The molecule has 0 saturated heterocycles. The highest BCUT2D eigenvalue weighted by Crippen LogP contribution is 2.24. The number of benzene rings is 2. The Bertz CT molecular complexity index is 687. The Kier molecular flexibility index (Phi) is 5.16. The van der Waals surface area contributed by atoms with E-state index in [9.17, 15) is 4.79 Å². The minimum absolute atomic E-state index is 0.267. The smallest absolute Gasteiger partial charge is 0.302 e. The van der Waals surface area contributed by atoms with Crippen molar-refractivity contribution in [3.8, 4) is 0 Å². The number of ether oxygens (including phenoxy) is 1. The molecule has 0 aliphatic carbocycles. The number of carbonyl (C=O) groups is 1. The van der Waals surface area contributed by atoms with E-state index in [1.807, 2.05) is 37.5 Å². The lowest BCUT2D eigenvalue weighted by molar-refractivity contribution is -0.139. The van der Waals surface area contributed by atoms with E-state index >= 15 is 0 Å². The molecule has 2 aromatic rings. The van der Waals surface area contributed by atoms with Gasteiger partial charge in [-0.05, 0) is 40.3 Å². The van der Waals surface area contributed by atoms with E-state index in [2.05, 4.69) is 35.7 Å². The minimum Gasteiger partial charge on any atom is -0.462 e. The van der Waals surface area contributed by atoms with Gasteiger partial charge >= 0.3 is 5.97 Å². The molecular weight excluding hydrogens is 262 g/mol. The molecule has 0 amide bonds. The Morgan fingerprint density at radius 2 is 1.71 bits per heavy atom. The second-order valence-electron chi connectivity index (χ2n) is 4.62. The number of hydrogen-bond acceptors (Lipinski definition) is 3. The van der Waals surface area contributed by atoms with Gasteiger partial charge in [0.1, 0.15) is 6.61 Å². The first kappa shape index (κ1) is 14.9. The predicted molar refractivity (Wildman–Crippen MR) is 87.7 cm³/mol. The van der Waals surface area contributed by atoms with Gasteiger partial charge in [-0.15, -0.1) is 0 Å². The topological polar surface area (TPSA) is 38.3 Å². The lowest BCUT2D eigenvalue weighted by Crippen LogP contribution is -1.97. The van der Waals surface area contributed by atoms with Gasteiger partial charge in [0, 0.05) is 14.0 Å². The molecule has 0 bridgehead atoms. The van der Waals surface area contributed by atoms with Crippen LogP contribution in [0.4, 0.5) is 0 Å². The monoisotopic (exact) mass is 281 g/mol. The molecule has 0 radical (unpaired) electrons. The largest absolute Gasteiger partial charge is 0.462 e. The summed E-state index contributed by atoms with van der Waals surface area (Å²) in [5.74, 6) is -0.267. The standard InChI is InChI=1S/C18H19NO2/c1-14(20)21-13-5-6-15-9-10-16(11-12-19-2)18-8-4-3-7-17(15)18/h3-12,19H,13H2,1-2H3/b6-5+,12-11+. The van der Waals surface area contributed by atoms with Crippen LogP contribution in [0.15, 0.2) is 48.7 Å². The van der Waals surface area contributed by atoms with E-state index in [0.717, 1.165) is 11.1 Å². The molecule has 0 aromatic heterocycles. The van der Waals surface area contributed by atoms with Crippen LogP contribution >= 0.6 is 0 Å². The van der Waals surface area contributed by atoms with Crippen LogP contribution in [-0.2, 0) is 9.53 Å².